The highest BCUT2D eigenvalue weighted by molar-refractivity contribution is 6.31. The third-order valence-electron chi connectivity index (χ3n) is 4.74. The fourth-order valence-electron chi connectivity index (χ4n) is 3.53. The molecule has 2 N–H and O–H groups in total. The summed E-state index contributed by atoms with van der Waals surface area (Å²) in [6.07, 6.45) is 0.714. The minimum atomic E-state index is -0.405. The Hall–Kier alpha value is -2.01. The summed E-state index contributed by atoms with van der Waals surface area (Å²) < 4.78 is 0. The predicted molar refractivity (Wildman–Crippen MR) is 99.3 cm³/mol. The van der Waals surface area contributed by atoms with E-state index >= 15 is 0 Å². The molecule has 1 unspecified atom stereocenters. The Labute approximate surface area is 155 Å². The van der Waals surface area contributed by atoms with Crippen LogP contribution in [0.15, 0.2) is 42.5 Å². The second-order valence-electron chi connectivity index (χ2n) is 6.16. The molecule has 6 heteroatoms. The number of H-pyrrole nitrogens is 1. The minimum absolute atomic E-state index is 0.113. The van der Waals surface area contributed by atoms with Crippen LogP contribution in [0, 0.1) is 0 Å². The molecule has 1 aliphatic rings. The van der Waals surface area contributed by atoms with E-state index in [0.29, 0.717) is 28.6 Å². The summed E-state index contributed by atoms with van der Waals surface area (Å²) in [5.74, 6) is -0.113. The van der Waals surface area contributed by atoms with E-state index in [0.717, 1.165) is 22.2 Å². The van der Waals surface area contributed by atoms with E-state index in [1.54, 1.807) is 29.2 Å². The first-order chi connectivity index (χ1) is 12.1. The number of rotatable bonds is 2. The van der Waals surface area contributed by atoms with E-state index in [4.69, 9.17) is 23.2 Å². The number of amides is 1. The molecule has 1 atom stereocenters. The molecule has 2 aromatic carbocycles. The largest absolute Gasteiger partial charge is 0.394 e. The standard InChI is InChI=1S/C19H16Cl2N2O2/c20-12-3-1-11(2-4-12)19(25)23-8-7-14-15-9-13(21)5-6-16(15)22-18(14)17(23)10-24/h1-6,9,17,22,24H,7-8,10H2. The van der Waals surface area contributed by atoms with E-state index in [9.17, 15) is 9.90 Å². The van der Waals surface area contributed by atoms with Crippen LogP contribution >= 0.6 is 23.2 Å². The van der Waals surface area contributed by atoms with Crippen molar-refractivity contribution in [3.63, 3.8) is 0 Å². The van der Waals surface area contributed by atoms with Crippen molar-refractivity contribution in [2.45, 2.75) is 12.5 Å². The first-order valence-corrected chi connectivity index (χ1v) is 8.81. The normalized spacial score (nSPS) is 16.9. The van der Waals surface area contributed by atoms with Crippen molar-refractivity contribution in [3.05, 3.63) is 69.3 Å². The summed E-state index contributed by atoms with van der Waals surface area (Å²) >= 11 is 12.0. The lowest BCUT2D eigenvalue weighted by molar-refractivity contribution is 0.0563. The Kier molecular flexibility index (Phi) is 4.20. The van der Waals surface area contributed by atoms with Crippen molar-refractivity contribution in [2.75, 3.05) is 13.2 Å². The van der Waals surface area contributed by atoms with Gasteiger partial charge in [-0.05, 0) is 54.4 Å². The first-order valence-electron chi connectivity index (χ1n) is 8.06. The van der Waals surface area contributed by atoms with Gasteiger partial charge in [-0.3, -0.25) is 4.79 Å². The van der Waals surface area contributed by atoms with Gasteiger partial charge in [0.1, 0.15) is 0 Å². The van der Waals surface area contributed by atoms with Gasteiger partial charge in [-0.2, -0.15) is 0 Å². The van der Waals surface area contributed by atoms with Crippen molar-refractivity contribution < 1.29 is 9.90 Å². The molecule has 0 fully saturated rings. The smallest absolute Gasteiger partial charge is 0.254 e. The van der Waals surface area contributed by atoms with Crippen molar-refractivity contribution >= 4 is 40.0 Å². The van der Waals surface area contributed by atoms with Gasteiger partial charge >= 0.3 is 0 Å². The summed E-state index contributed by atoms with van der Waals surface area (Å²) in [7, 11) is 0. The Morgan fingerprint density at radius 1 is 1.16 bits per heavy atom. The number of halogens is 2. The number of hydrogen-bond donors (Lipinski definition) is 2. The number of benzene rings is 2. The molecular weight excluding hydrogens is 359 g/mol. The summed E-state index contributed by atoms with van der Waals surface area (Å²) in [6, 6.07) is 12.1. The minimum Gasteiger partial charge on any atom is -0.394 e. The van der Waals surface area contributed by atoms with E-state index in [-0.39, 0.29) is 12.5 Å². The molecule has 128 valence electrons. The van der Waals surface area contributed by atoms with Crippen molar-refractivity contribution in [2.24, 2.45) is 0 Å². The monoisotopic (exact) mass is 374 g/mol. The quantitative estimate of drug-likeness (QED) is 0.705. The molecule has 2 heterocycles. The molecule has 25 heavy (non-hydrogen) atoms. The molecule has 1 aliphatic heterocycles. The Morgan fingerprint density at radius 3 is 2.60 bits per heavy atom. The number of carbonyl (C=O) groups excluding carboxylic acids is 1. The highest BCUT2D eigenvalue weighted by Gasteiger charge is 2.33. The average molecular weight is 375 g/mol. The Balaban J connectivity index is 1.74. The maximum atomic E-state index is 12.9. The number of aromatic nitrogens is 1. The number of nitrogens with zero attached hydrogens (tertiary/aromatic N) is 1. The van der Waals surface area contributed by atoms with Crippen LogP contribution in [0.5, 0.6) is 0 Å². The van der Waals surface area contributed by atoms with Gasteiger partial charge in [-0.1, -0.05) is 23.2 Å². The number of fused-ring (bicyclic) bond motifs is 3. The highest BCUT2D eigenvalue weighted by atomic mass is 35.5. The molecule has 1 amide bonds. The number of aromatic amines is 1. The van der Waals surface area contributed by atoms with Crippen LogP contribution < -0.4 is 0 Å². The zero-order valence-electron chi connectivity index (χ0n) is 13.3. The molecule has 3 aromatic rings. The number of aliphatic hydroxyl groups is 1. The van der Waals surface area contributed by atoms with Crippen LogP contribution in [0.2, 0.25) is 10.0 Å². The summed E-state index contributed by atoms with van der Waals surface area (Å²) in [6.45, 7) is 0.395. The third-order valence-corrected chi connectivity index (χ3v) is 5.23. The predicted octanol–water partition coefficient (Wildman–Crippen LogP) is 4.21. The molecule has 0 saturated heterocycles. The van der Waals surface area contributed by atoms with Crippen LogP contribution in [-0.4, -0.2) is 34.0 Å². The summed E-state index contributed by atoms with van der Waals surface area (Å²) in [4.78, 5) is 18.0. The van der Waals surface area contributed by atoms with Crippen molar-refractivity contribution in [1.29, 1.82) is 0 Å². The average Bonchev–Trinajstić information content (AvgIpc) is 2.99. The zero-order chi connectivity index (χ0) is 17.6. The van der Waals surface area contributed by atoms with E-state index < -0.39 is 6.04 Å². The van der Waals surface area contributed by atoms with Gasteiger partial charge in [-0.25, -0.2) is 0 Å². The summed E-state index contributed by atoms with van der Waals surface area (Å²) in [5.41, 5.74) is 3.53. The molecule has 0 spiro atoms. The third kappa shape index (κ3) is 2.80. The fourth-order valence-corrected chi connectivity index (χ4v) is 3.83. The topological polar surface area (TPSA) is 56.3 Å². The molecule has 0 bridgehead atoms. The van der Waals surface area contributed by atoms with Crippen LogP contribution in [0.3, 0.4) is 0 Å². The van der Waals surface area contributed by atoms with E-state index in [1.807, 2.05) is 18.2 Å². The second-order valence-corrected chi connectivity index (χ2v) is 7.03. The highest BCUT2D eigenvalue weighted by Crippen LogP contribution is 2.36. The van der Waals surface area contributed by atoms with Crippen molar-refractivity contribution in [1.82, 2.24) is 9.88 Å². The maximum Gasteiger partial charge on any atom is 0.254 e. The molecule has 4 rings (SSSR count). The van der Waals surface area contributed by atoms with E-state index in [2.05, 4.69) is 4.98 Å². The van der Waals surface area contributed by atoms with Gasteiger partial charge in [0.25, 0.3) is 5.91 Å². The maximum absolute atomic E-state index is 12.9. The number of aliphatic hydroxyl groups excluding tert-OH is 1. The second kappa shape index (κ2) is 6.37. The Bertz CT molecular complexity index is 950. The lowest BCUT2D eigenvalue weighted by atomic mass is 9.97. The van der Waals surface area contributed by atoms with E-state index in [1.165, 1.54) is 0 Å². The lowest BCUT2D eigenvalue weighted by Crippen LogP contribution is -2.41. The molecule has 0 aliphatic carbocycles. The van der Waals surface area contributed by atoms with Gasteiger partial charge in [0, 0.05) is 38.8 Å². The number of carbonyl (C=O) groups is 1. The van der Waals surface area contributed by atoms with Gasteiger partial charge < -0.3 is 15.0 Å². The Morgan fingerprint density at radius 2 is 1.88 bits per heavy atom. The van der Waals surface area contributed by atoms with Gasteiger partial charge in [0.15, 0.2) is 0 Å². The number of hydrogen-bond acceptors (Lipinski definition) is 2. The van der Waals surface area contributed by atoms with Gasteiger partial charge in [-0.15, -0.1) is 0 Å². The molecular formula is C19H16Cl2N2O2. The van der Waals surface area contributed by atoms with Crippen LogP contribution in [0.1, 0.15) is 27.7 Å². The van der Waals surface area contributed by atoms with Crippen molar-refractivity contribution in [3.8, 4) is 0 Å². The summed E-state index contributed by atoms with van der Waals surface area (Å²) in [5, 5.41) is 12.3. The van der Waals surface area contributed by atoms with Crippen LogP contribution in [0.4, 0.5) is 0 Å². The first kappa shape index (κ1) is 16.5. The van der Waals surface area contributed by atoms with Gasteiger partial charge in [0.2, 0.25) is 0 Å². The van der Waals surface area contributed by atoms with Gasteiger partial charge in [0.05, 0.1) is 12.6 Å². The molecule has 0 radical (unpaired) electrons. The molecule has 4 nitrogen and oxygen atoms in total. The molecule has 1 aromatic heterocycles. The fraction of sp³-hybridized carbons (Fsp3) is 0.211. The SMILES string of the molecule is O=C(c1ccc(Cl)cc1)N1CCc2c([nH]c3ccc(Cl)cc23)C1CO. The van der Waals surface area contributed by atoms with Crippen LogP contribution in [-0.2, 0) is 6.42 Å². The lowest BCUT2D eigenvalue weighted by Gasteiger charge is -2.35. The number of nitrogens with one attached hydrogen (secondary N) is 1. The van der Waals surface area contributed by atoms with Crippen LogP contribution in [0.25, 0.3) is 10.9 Å². The zero-order valence-corrected chi connectivity index (χ0v) is 14.8. The molecule has 0 saturated carbocycles.